The fraction of sp³-hybridized carbons (Fsp3) is 0.539. The summed E-state index contributed by atoms with van der Waals surface area (Å²) in [6.07, 6.45) is 27.8. The molecule has 0 unspecified atom stereocenters. The maximum absolute atomic E-state index is 12.5. The lowest BCUT2D eigenvalue weighted by Gasteiger charge is -2.25. The second-order valence-corrected chi connectivity index (χ2v) is 23.5. The summed E-state index contributed by atoms with van der Waals surface area (Å²) in [5.74, 6) is -0.645. The van der Waals surface area contributed by atoms with Crippen molar-refractivity contribution in [2.45, 2.75) is 207 Å². The van der Waals surface area contributed by atoms with Gasteiger partial charge in [-0.1, -0.05) is 173 Å². The van der Waals surface area contributed by atoms with Crippen LogP contribution in [0, 0.1) is 0 Å². The Labute approximate surface area is 537 Å². The number of carbonyl (C=O) groups excluding carboxylic acids is 5. The van der Waals surface area contributed by atoms with Crippen molar-refractivity contribution in [2.75, 3.05) is 60.0 Å². The number of unbranched alkanes of at least 4 members (excludes halogenated alkanes) is 12. The Bertz CT molecular complexity index is 2770. The van der Waals surface area contributed by atoms with Gasteiger partial charge in [-0.2, -0.15) is 0 Å². The molecule has 5 rings (SSSR count). The summed E-state index contributed by atoms with van der Waals surface area (Å²) in [5, 5.41) is 0. The Morgan fingerprint density at radius 2 is 0.556 bits per heavy atom. The topological polar surface area (TPSA) is 168 Å². The standard InChI is InChI=1S/C76H104O14/c1-9-16-20-24-32-56-44-60-52-62-46-57(33-25-21-17-10-2)48-64(72(62)87-40-29-37-84-69(78)14-6)54-66-50-59(35-27-23-19-12-4)51-67(74(66)89-42-31-43-90-76(81)75(80)82-8)55-65-49-58(34-26-22-18-11-3)47-63(73(65)88-41-30-38-85-70(79)15-7)53-61(45-56)71(60)86-39-28-36-83-68(77)13-5/h13-15,44-51H,5-7,9-12,16-43,52-55H2,1-4,8H3. The third-order valence-corrected chi connectivity index (χ3v) is 16.0. The smallest absolute Gasteiger partial charge is 0.417 e. The molecule has 0 radical (unpaired) electrons. The SMILES string of the molecule is C=CC(=O)OCCCOc1c2cc(CCCCCC)cc1Cc1cc(CCCCCC)cc(c1OCCCOC(=O)C=C)Cc1cc(CCCCCC)cc(c1OCCCOC(=O)C(=O)OC)Cc1cc(CCCCCC)cc(c1OCCCOC(=O)C=C)C2. The minimum atomic E-state index is -1.07. The molecule has 14 nitrogen and oxygen atoms in total. The molecular formula is C76H104O14. The highest BCUT2D eigenvalue weighted by molar-refractivity contribution is 6.29. The van der Waals surface area contributed by atoms with Gasteiger partial charge in [-0.15, -0.1) is 0 Å². The first-order chi connectivity index (χ1) is 43.9. The zero-order valence-corrected chi connectivity index (χ0v) is 55.1. The van der Waals surface area contributed by atoms with E-state index in [0.717, 1.165) is 197 Å². The van der Waals surface area contributed by atoms with Crippen molar-refractivity contribution in [3.05, 3.63) is 153 Å². The van der Waals surface area contributed by atoms with E-state index >= 15 is 0 Å². The van der Waals surface area contributed by atoms with Crippen LogP contribution < -0.4 is 18.9 Å². The summed E-state index contributed by atoms with van der Waals surface area (Å²) >= 11 is 0. The van der Waals surface area contributed by atoms with E-state index in [0.29, 0.717) is 57.1 Å². The lowest BCUT2D eigenvalue weighted by molar-refractivity contribution is -0.166. The number of carbonyl (C=O) groups is 5. The van der Waals surface area contributed by atoms with E-state index in [1.807, 2.05) is 0 Å². The molecule has 0 aromatic heterocycles. The second kappa shape index (κ2) is 42.6. The van der Waals surface area contributed by atoms with Gasteiger partial charge in [-0.3, -0.25) is 0 Å². The van der Waals surface area contributed by atoms with Crippen molar-refractivity contribution in [3.63, 3.8) is 0 Å². The van der Waals surface area contributed by atoms with E-state index in [4.69, 9.17) is 37.9 Å². The molecule has 8 bridgehead atoms. The molecule has 4 aromatic rings. The summed E-state index contributed by atoms with van der Waals surface area (Å²) in [7, 11) is 1.15. The molecule has 492 valence electrons. The Hall–Kier alpha value is -7.35. The number of rotatable bonds is 43. The first kappa shape index (κ1) is 73.4. The Morgan fingerprint density at radius 3 is 0.767 bits per heavy atom. The van der Waals surface area contributed by atoms with Gasteiger partial charge in [0.1, 0.15) is 23.0 Å². The minimum absolute atomic E-state index is 0.0593. The highest BCUT2D eigenvalue weighted by Crippen LogP contribution is 2.42. The van der Waals surface area contributed by atoms with Gasteiger partial charge >= 0.3 is 29.8 Å². The molecule has 0 fully saturated rings. The molecule has 1 aliphatic rings. The van der Waals surface area contributed by atoms with Gasteiger partial charge in [0.05, 0.1) is 60.0 Å². The van der Waals surface area contributed by atoms with Crippen LogP contribution in [0.3, 0.4) is 0 Å². The van der Waals surface area contributed by atoms with Gasteiger partial charge < -0.3 is 42.6 Å². The molecule has 0 amide bonds. The van der Waals surface area contributed by atoms with Crippen LogP contribution in [0.2, 0.25) is 0 Å². The van der Waals surface area contributed by atoms with Crippen LogP contribution in [0.1, 0.15) is 223 Å². The van der Waals surface area contributed by atoms with Crippen molar-refractivity contribution in [1.82, 2.24) is 0 Å². The average Bonchev–Trinajstić information content (AvgIpc) is 0.811. The Kier molecular flexibility index (Phi) is 34.7. The molecule has 0 atom stereocenters. The molecule has 0 heterocycles. The number of esters is 5. The van der Waals surface area contributed by atoms with E-state index < -0.39 is 29.8 Å². The first-order valence-corrected chi connectivity index (χ1v) is 33.6. The summed E-state index contributed by atoms with van der Waals surface area (Å²) in [5.41, 5.74) is 12.7. The average molecular weight is 1240 g/mol. The van der Waals surface area contributed by atoms with Crippen LogP contribution in [-0.4, -0.2) is 89.8 Å². The highest BCUT2D eigenvalue weighted by atomic mass is 16.6. The predicted octanol–water partition coefficient (Wildman–Crippen LogP) is 15.8. The molecule has 0 N–H and O–H groups in total. The first-order valence-electron chi connectivity index (χ1n) is 33.6. The summed E-state index contributed by atoms with van der Waals surface area (Å²) < 4.78 is 54.7. The normalized spacial score (nSPS) is 11.7. The second-order valence-electron chi connectivity index (χ2n) is 23.5. The molecule has 0 aliphatic heterocycles. The molecule has 0 saturated carbocycles. The summed E-state index contributed by atoms with van der Waals surface area (Å²) in [6.45, 7) is 21.1. The van der Waals surface area contributed by atoms with Gasteiger partial charge in [0.2, 0.25) is 0 Å². The molecule has 0 saturated heterocycles. The van der Waals surface area contributed by atoms with Crippen LogP contribution in [0.15, 0.2) is 86.5 Å². The minimum Gasteiger partial charge on any atom is -0.493 e. The van der Waals surface area contributed by atoms with Gasteiger partial charge in [-0.25, -0.2) is 24.0 Å². The Morgan fingerprint density at radius 1 is 0.322 bits per heavy atom. The largest absolute Gasteiger partial charge is 0.493 e. The lowest BCUT2D eigenvalue weighted by atomic mass is 9.87. The number of fused-ring (bicyclic) bond motifs is 8. The quantitative estimate of drug-likeness (QED) is 0.0119. The fourth-order valence-electron chi connectivity index (χ4n) is 11.5. The fourth-order valence-corrected chi connectivity index (χ4v) is 11.5. The molecule has 4 aromatic carbocycles. The van der Waals surface area contributed by atoms with Gasteiger partial charge in [0, 0.05) is 69.6 Å². The molecule has 14 heteroatoms. The zero-order chi connectivity index (χ0) is 64.7. The number of hydrogen-bond acceptors (Lipinski definition) is 14. The van der Waals surface area contributed by atoms with Crippen LogP contribution in [0.4, 0.5) is 0 Å². The van der Waals surface area contributed by atoms with Crippen molar-refractivity contribution >= 4 is 29.8 Å². The summed E-state index contributed by atoms with van der Waals surface area (Å²) in [6, 6.07) is 18.5. The van der Waals surface area contributed by atoms with E-state index in [2.05, 4.69) is 101 Å². The van der Waals surface area contributed by atoms with E-state index in [9.17, 15) is 24.0 Å². The van der Waals surface area contributed by atoms with Crippen LogP contribution in [0.25, 0.3) is 0 Å². The number of hydrogen-bond donors (Lipinski definition) is 0. The summed E-state index contributed by atoms with van der Waals surface area (Å²) in [4.78, 5) is 61.3. The van der Waals surface area contributed by atoms with Crippen molar-refractivity contribution < 1.29 is 66.6 Å². The highest BCUT2D eigenvalue weighted by Gasteiger charge is 2.26. The monoisotopic (exact) mass is 1240 g/mol. The number of aryl methyl sites for hydroxylation is 4. The van der Waals surface area contributed by atoms with E-state index in [-0.39, 0.29) is 52.9 Å². The van der Waals surface area contributed by atoms with Crippen molar-refractivity contribution in [3.8, 4) is 23.0 Å². The molecular weight excluding hydrogens is 1140 g/mol. The van der Waals surface area contributed by atoms with Gasteiger partial charge in [0.15, 0.2) is 0 Å². The van der Waals surface area contributed by atoms with Crippen LogP contribution in [0.5, 0.6) is 23.0 Å². The van der Waals surface area contributed by atoms with Crippen LogP contribution >= 0.6 is 0 Å². The van der Waals surface area contributed by atoms with E-state index in [1.165, 1.54) is 40.5 Å². The predicted molar refractivity (Wildman–Crippen MR) is 355 cm³/mol. The number of ether oxygens (including phenoxy) is 9. The van der Waals surface area contributed by atoms with E-state index in [1.54, 1.807) is 0 Å². The molecule has 90 heavy (non-hydrogen) atoms. The molecule has 1 aliphatic carbocycles. The van der Waals surface area contributed by atoms with Crippen LogP contribution in [-0.2, 0) is 99.0 Å². The van der Waals surface area contributed by atoms with Crippen molar-refractivity contribution in [1.29, 1.82) is 0 Å². The maximum atomic E-state index is 12.5. The number of benzene rings is 4. The third-order valence-electron chi connectivity index (χ3n) is 16.0. The number of methoxy groups -OCH3 is 1. The lowest BCUT2D eigenvalue weighted by Crippen LogP contribution is -2.20. The zero-order valence-electron chi connectivity index (χ0n) is 55.1. The van der Waals surface area contributed by atoms with Crippen molar-refractivity contribution in [2.24, 2.45) is 0 Å². The molecule has 0 spiro atoms. The van der Waals surface area contributed by atoms with Gasteiger partial charge in [0.25, 0.3) is 0 Å². The Balaban J connectivity index is 1.91. The third kappa shape index (κ3) is 25.9. The van der Waals surface area contributed by atoms with Gasteiger partial charge in [-0.05, 0) is 118 Å². The maximum Gasteiger partial charge on any atom is 0.417 e.